The fraction of sp³-hybridized carbons (Fsp3) is 0.909. The lowest BCUT2D eigenvalue weighted by Gasteiger charge is -2.47. The number of likely N-dealkylation sites (tertiary alicyclic amines) is 1. The molecule has 0 aromatic heterocycles. The third-order valence-corrected chi connectivity index (χ3v) is 7.30. The van der Waals surface area contributed by atoms with Crippen molar-refractivity contribution in [1.29, 1.82) is 0 Å². The molecule has 0 aromatic carbocycles. The molecule has 3 nitrogen and oxygen atoms in total. The van der Waals surface area contributed by atoms with Gasteiger partial charge in [0.05, 0.1) is 0 Å². The molecule has 1 aliphatic heterocycles. The van der Waals surface area contributed by atoms with Crippen molar-refractivity contribution in [3.05, 3.63) is 11.6 Å². The Hall–Kier alpha value is -0.590. The Morgan fingerprint density at radius 3 is 2.32 bits per heavy atom. The van der Waals surface area contributed by atoms with Crippen LogP contribution in [0.3, 0.4) is 0 Å². The second kappa shape index (κ2) is 9.48. The van der Waals surface area contributed by atoms with E-state index in [4.69, 9.17) is 11.5 Å². The van der Waals surface area contributed by atoms with Crippen molar-refractivity contribution in [2.45, 2.75) is 84.5 Å². The van der Waals surface area contributed by atoms with Crippen LogP contribution in [0.1, 0.15) is 66.2 Å². The van der Waals surface area contributed by atoms with Crippen molar-refractivity contribution >= 4 is 0 Å². The van der Waals surface area contributed by atoms with E-state index in [-0.39, 0.29) is 23.8 Å². The van der Waals surface area contributed by atoms with Crippen LogP contribution in [-0.4, -0.2) is 42.8 Å². The standard InChI is InChI=1S/C22H40F3N3/c1-5-16(17-13-28(7-3)14-17)12-21(4,20(27)6-2)11-15-8-18(22(23,24)25)10-19(26)9-15/h8,15-17,19-20H,5-7,9-14,26-27H2,1-4H3/t15?,16?,19?,20?,21-/m1/s1. The van der Waals surface area contributed by atoms with Gasteiger partial charge in [0.25, 0.3) is 0 Å². The summed E-state index contributed by atoms with van der Waals surface area (Å²) in [6, 6.07) is -0.426. The lowest BCUT2D eigenvalue weighted by atomic mass is 9.64. The Bertz CT molecular complexity index is 528. The van der Waals surface area contributed by atoms with Gasteiger partial charge in [0.15, 0.2) is 0 Å². The fourth-order valence-corrected chi connectivity index (χ4v) is 5.42. The minimum Gasteiger partial charge on any atom is -0.327 e. The van der Waals surface area contributed by atoms with Gasteiger partial charge in [-0.05, 0) is 61.8 Å². The third kappa shape index (κ3) is 5.73. The maximum absolute atomic E-state index is 13.3. The molecule has 1 fully saturated rings. The Balaban J connectivity index is 2.15. The molecule has 5 atom stereocenters. The SMILES string of the molecule is CCC(C[C@@](C)(CC1C=C(C(F)(F)F)CC(N)C1)C(N)CC)C1CN(CC)C1. The summed E-state index contributed by atoms with van der Waals surface area (Å²) in [7, 11) is 0. The van der Waals surface area contributed by atoms with Gasteiger partial charge < -0.3 is 16.4 Å². The van der Waals surface area contributed by atoms with E-state index in [1.54, 1.807) is 0 Å². The smallest absolute Gasteiger partial charge is 0.327 e. The van der Waals surface area contributed by atoms with E-state index in [0.717, 1.165) is 38.9 Å². The molecule has 6 heteroatoms. The summed E-state index contributed by atoms with van der Waals surface area (Å²) in [6.07, 6.45) is 1.35. The molecule has 164 valence electrons. The van der Waals surface area contributed by atoms with Crippen molar-refractivity contribution in [2.75, 3.05) is 19.6 Å². The highest BCUT2D eigenvalue weighted by molar-refractivity contribution is 5.17. The molecule has 1 heterocycles. The Kier molecular flexibility index (Phi) is 8.02. The van der Waals surface area contributed by atoms with Crippen molar-refractivity contribution < 1.29 is 13.2 Å². The predicted molar refractivity (Wildman–Crippen MR) is 110 cm³/mol. The highest BCUT2D eigenvalue weighted by atomic mass is 19.4. The van der Waals surface area contributed by atoms with Crippen molar-refractivity contribution in [2.24, 2.45) is 34.6 Å². The highest BCUT2D eigenvalue weighted by Crippen LogP contribution is 2.45. The number of alkyl halides is 3. The molecule has 0 aromatic rings. The number of hydrogen-bond donors (Lipinski definition) is 2. The van der Waals surface area contributed by atoms with Gasteiger partial charge in [-0.15, -0.1) is 0 Å². The van der Waals surface area contributed by atoms with E-state index >= 15 is 0 Å². The van der Waals surface area contributed by atoms with E-state index in [0.29, 0.717) is 24.7 Å². The predicted octanol–water partition coefficient (Wildman–Crippen LogP) is 4.71. The van der Waals surface area contributed by atoms with Crippen LogP contribution in [0.5, 0.6) is 0 Å². The molecule has 0 spiro atoms. The quantitative estimate of drug-likeness (QED) is 0.548. The molecule has 1 aliphatic carbocycles. The summed E-state index contributed by atoms with van der Waals surface area (Å²) in [4.78, 5) is 2.45. The number of nitrogens with zero attached hydrogens (tertiary/aromatic N) is 1. The summed E-state index contributed by atoms with van der Waals surface area (Å²) >= 11 is 0. The highest BCUT2D eigenvalue weighted by Gasteiger charge is 2.42. The lowest BCUT2D eigenvalue weighted by Crippen LogP contribution is -2.51. The van der Waals surface area contributed by atoms with E-state index in [1.807, 2.05) is 0 Å². The molecule has 1 saturated heterocycles. The second-order valence-corrected chi connectivity index (χ2v) is 9.51. The van der Waals surface area contributed by atoms with E-state index in [1.165, 1.54) is 6.08 Å². The van der Waals surface area contributed by atoms with Crippen LogP contribution in [0.2, 0.25) is 0 Å². The van der Waals surface area contributed by atoms with Crippen LogP contribution in [-0.2, 0) is 0 Å². The van der Waals surface area contributed by atoms with Gasteiger partial charge in [0.1, 0.15) is 0 Å². The summed E-state index contributed by atoms with van der Waals surface area (Å²) in [6.45, 7) is 12.1. The summed E-state index contributed by atoms with van der Waals surface area (Å²) in [5.41, 5.74) is 11.9. The fourth-order valence-electron chi connectivity index (χ4n) is 5.42. The first-order valence-electron chi connectivity index (χ1n) is 11.0. The van der Waals surface area contributed by atoms with Gasteiger partial charge in [0.2, 0.25) is 0 Å². The largest absolute Gasteiger partial charge is 0.412 e. The molecule has 28 heavy (non-hydrogen) atoms. The van der Waals surface area contributed by atoms with E-state index in [9.17, 15) is 13.2 Å². The first-order valence-corrected chi connectivity index (χ1v) is 11.0. The Morgan fingerprint density at radius 1 is 1.18 bits per heavy atom. The van der Waals surface area contributed by atoms with E-state index in [2.05, 4.69) is 32.6 Å². The number of rotatable bonds is 9. The van der Waals surface area contributed by atoms with Crippen molar-refractivity contribution in [3.8, 4) is 0 Å². The molecule has 2 rings (SSSR count). The minimum absolute atomic E-state index is 0.00945. The van der Waals surface area contributed by atoms with Gasteiger partial charge in [-0.2, -0.15) is 13.2 Å². The maximum atomic E-state index is 13.3. The second-order valence-electron chi connectivity index (χ2n) is 9.51. The summed E-state index contributed by atoms with van der Waals surface area (Å²) in [5, 5.41) is 0. The van der Waals surface area contributed by atoms with Gasteiger partial charge in [-0.25, -0.2) is 0 Å². The van der Waals surface area contributed by atoms with Crippen LogP contribution < -0.4 is 11.5 Å². The monoisotopic (exact) mass is 403 g/mol. The minimum atomic E-state index is -4.28. The van der Waals surface area contributed by atoms with Crippen LogP contribution in [0.25, 0.3) is 0 Å². The summed E-state index contributed by atoms with van der Waals surface area (Å²) in [5.74, 6) is 1.12. The zero-order valence-electron chi connectivity index (χ0n) is 18.1. The zero-order chi connectivity index (χ0) is 21.1. The summed E-state index contributed by atoms with van der Waals surface area (Å²) < 4.78 is 39.9. The van der Waals surface area contributed by atoms with Crippen LogP contribution >= 0.6 is 0 Å². The Morgan fingerprint density at radius 2 is 1.82 bits per heavy atom. The molecule has 4 N–H and O–H groups in total. The van der Waals surface area contributed by atoms with Crippen LogP contribution in [0.4, 0.5) is 13.2 Å². The number of hydrogen-bond acceptors (Lipinski definition) is 3. The van der Waals surface area contributed by atoms with Gasteiger partial charge in [0, 0.05) is 30.7 Å². The number of nitrogens with two attached hydrogens (primary N) is 2. The average Bonchev–Trinajstić information content (AvgIpc) is 2.57. The maximum Gasteiger partial charge on any atom is 0.412 e. The molecule has 0 amide bonds. The molecule has 0 bridgehead atoms. The molecule has 0 radical (unpaired) electrons. The van der Waals surface area contributed by atoms with Crippen LogP contribution in [0, 0.1) is 23.2 Å². The van der Waals surface area contributed by atoms with Gasteiger partial charge >= 0.3 is 6.18 Å². The molecule has 4 unspecified atom stereocenters. The lowest BCUT2D eigenvalue weighted by molar-refractivity contribution is -0.0964. The molecule has 2 aliphatic rings. The average molecular weight is 404 g/mol. The third-order valence-electron chi connectivity index (χ3n) is 7.30. The van der Waals surface area contributed by atoms with Gasteiger partial charge in [-0.3, -0.25) is 0 Å². The topological polar surface area (TPSA) is 55.3 Å². The number of allylic oxidation sites excluding steroid dienone is 1. The number of halogens is 3. The first-order chi connectivity index (χ1) is 13.0. The Labute approximate surface area is 169 Å². The molecule has 0 saturated carbocycles. The normalized spacial score (nSPS) is 29.0. The molecular formula is C22H40F3N3. The van der Waals surface area contributed by atoms with E-state index < -0.39 is 17.8 Å². The zero-order valence-corrected chi connectivity index (χ0v) is 18.1. The van der Waals surface area contributed by atoms with Gasteiger partial charge in [-0.1, -0.05) is 40.2 Å². The van der Waals surface area contributed by atoms with Crippen molar-refractivity contribution in [3.63, 3.8) is 0 Å². The first kappa shape index (κ1) is 23.7. The van der Waals surface area contributed by atoms with Crippen molar-refractivity contribution in [1.82, 2.24) is 4.90 Å². The molecular weight excluding hydrogens is 363 g/mol. The van der Waals surface area contributed by atoms with Crippen LogP contribution in [0.15, 0.2) is 11.6 Å².